The van der Waals surface area contributed by atoms with Gasteiger partial charge in [0.15, 0.2) is 0 Å². The van der Waals surface area contributed by atoms with E-state index >= 15 is 0 Å². The molecule has 2 aromatic carbocycles. The van der Waals surface area contributed by atoms with Crippen molar-refractivity contribution in [3.63, 3.8) is 0 Å². The third-order valence-electron chi connectivity index (χ3n) is 3.80. The summed E-state index contributed by atoms with van der Waals surface area (Å²) >= 11 is 6.14. The van der Waals surface area contributed by atoms with Crippen LogP contribution in [0.2, 0.25) is 5.02 Å². The van der Waals surface area contributed by atoms with Crippen molar-refractivity contribution in [2.75, 3.05) is 6.54 Å². The fourth-order valence-corrected chi connectivity index (χ4v) is 3.04. The van der Waals surface area contributed by atoms with Crippen molar-refractivity contribution < 1.29 is 4.79 Å². The number of rotatable bonds is 2. The first kappa shape index (κ1) is 13.2. The minimum Gasteiger partial charge on any atom is -0.332 e. The van der Waals surface area contributed by atoms with E-state index in [1.807, 2.05) is 35.2 Å². The van der Waals surface area contributed by atoms with Crippen molar-refractivity contribution >= 4 is 17.5 Å². The normalized spacial score (nSPS) is 18.2. The topological polar surface area (TPSA) is 20.3 Å². The van der Waals surface area contributed by atoms with E-state index < -0.39 is 0 Å². The van der Waals surface area contributed by atoms with Gasteiger partial charge in [0.05, 0.1) is 16.6 Å². The number of benzene rings is 2. The molecule has 0 unspecified atom stereocenters. The Hall–Kier alpha value is -1.80. The van der Waals surface area contributed by atoms with E-state index in [9.17, 15) is 4.79 Å². The molecule has 1 fully saturated rings. The Morgan fingerprint density at radius 1 is 1.05 bits per heavy atom. The van der Waals surface area contributed by atoms with Crippen LogP contribution in [0.1, 0.15) is 34.8 Å². The Morgan fingerprint density at radius 3 is 2.50 bits per heavy atom. The Kier molecular flexibility index (Phi) is 3.75. The summed E-state index contributed by atoms with van der Waals surface area (Å²) in [5.74, 6) is 0.0296. The number of hydrogen-bond donors (Lipinski definition) is 0. The average Bonchev–Trinajstić information content (AvgIpc) is 2.97. The van der Waals surface area contributed by atoms with Crippen LogP contribution >= 0.6 is 11.6 Å². The van der Waals surface area contributed by atoms with E-state index in [2.05, 4.69) is 12.1 Å². The summed E-state index contributed by atoms with van der Waals surface area (Å²) in [7, 11) is 0. The second kappa shape index (κ2) is 5.68. The maximum atomic E-state index is 12.7. The Balaban J connectivity index is 1.90. The highest BCUT2D eigenvalue weighted by molar-refractivity contribution is 6.33. The van der Waals surface area contributed by atoms with Crippen LogP contribution < -0.4 is 0 Å². The van der Waals surface area contributed by atoms with E-state index in [0.29, 0.717) is 10.6 Å². The molecule has 3 heteroatoms. The molecule has 0 bridgehead atoms. The van der Waals surface area contributed by atoms with Crippen LogP contribution in [-0.4, -0.2) is 17.4 Å². The third kappa shape index (κ3) is 2.44. The molecule has 0 aliphatic carbocycles. The first-order chi connectivity index (χ1) is 9.77. The van der Waals surface area contributed by atoms with Crippen LogP contribution in [0.4, 0.5) is 0 Å². The summed E-state index contributed by atoms with van der Waals surface area (Å²) in [6.07, 6.45) is 2.05. The summed E-state index contributed by atoms with van der Waals surface area (Å²) in [5, 5.41) is 0.524. The number of likely N-dealkylation sites (tertiary alicyclic amines) is 1. The van der Waals surface area contributed by atoms with Crippen LogP contribution in [0.5, 0.6) is 0 Å². The van der Waals surface area contributed by atoms with Gasteiger partial charge in [-0.15, -0.1) is 0 Å². The molecule has 2 aromatic rings. The van der Waals surface area contributed by atoms with E-state index in [1.165, 1.54) is 5.56 Å². The van der Waals surface area contributed by atoms with Crippen LogP contribution in [0.15, 0.2) is 54.6 Å². The number of hydrogen-bond acceptors (Lipinski definition) is 1. The molecular formula is C17H16ClNO. The largest absolute Gasteiger partial charge is 0.332 e. The standard InChI is InChI=1S/C17H16ClNO/c18-15-10-5-4-9-14(15)17(20)19-12-6-11-16(19)13-7-2-1-3-8-13/h1-5,7-10,16H,6,11-12H2/t16-/m0/s1. The SMILES string of the molecule is O=C(c1ccccc1Cl)N1CCC[C@H]1c1ccccc1. The number of halogens is 1. The minimum absolute atomic E-state index is 0.0296. The summed E-state index contributed by atoms with van der Waals surface area (Å²) in [6, 6.07) is 17.6. The highest BCUT2D eigenvalue weighted by Gasteiger charge is 2.31. The molecule has 1 saturated heterocycles. The fourth-order valence-electron chi connectivity index (χ4n) is 2.82. The van der Waals surface area contributed by atoms with Gasteiger partial charge in [0.25, 0.3) is 5.91 Å². The molecule has 1 amide bonds. The van der Waals surface area contributed by atoms with Crippen molar-refractivity contribution in [2.45, 2.75) is 18.9 Å². The lowest BCUT2D eigenvalue weighted by Crippen LogP contribution is -2.30. The van der Waals surface area contributed by atoms with Crippen LogP contribution in [0, 0.1) is 0 Å². The molecule has 1 aliphatic heterocycles. The average molecular weight is 286 g/mol. The van der Waals surface area contributed by atoms with E-state index in [0.717, 1.165) is 19.4 Å². The summed E-state index contributed by atoms with van der Waals surface area (Å²) in [6.45, 7) is 0.795. The zero-order valence-corrected chi connectivity index (χ0v) is 11.9. The quantitative estimate of drug-likeness (QED) is 0.805. The number of carbonyl (C=O) groups excluding carboxylic acids is 1. The molecule has 20 heavy (non-hydrogen) atoms. The minimum atomic E-state index is 0.0296. The maximum Gasteiger partial charge on any atom is 0.255 e. The smallest absolute Gasteiger partial charge is 0.255 e. The number of carbonyl (C=O) groups is 1. The highest BCUT2D eigenvalue weighted by atomic mass is 35.5. The predicted molar refractivity (Wildman–Crippen MR) is 80.9 cm³/mol. The van der Waals surface area contributed by atoms with Gasteiger partial charge in [-0.25, -0.2) is 0 Å². The molecule has 3 rings (SSSR count). The van der Waals surface area contributed by atoms with Crippen molar-refractivity contribution in [3.8, 4) is 0 Å². The summed E-state index contributed by atoms with van der Waals surface area (Å²) in [4.78, 5) is 14.6. The molecular weight excluding hydrogens is 270 g/mol. The van der Waals surface area contributed by atoms with Crippen LogP contribution in [0.3, 0.4) is 0 Å². The van der Waals surface area contributed by atoms with Gasteiger partial charge in [-0.3, -0.25) is 4.79 Å². The zero-order chi connectivity index (χ0) is 13.9. The lowest BCUT2D eigenvalue weighted by molar-refractivity contribution is 0.0736. The molecule has 0 radical (unpaired) electrons. The summed E-state index contributed by atoms with van der Waals surface area (Å²) in [5.41, 5.74) is 1.79. The van der Waals surface area contributed by atoms with Crippen LogP contribution in [-0.2, 0) is 0 Å². The van der Waals surface area contributed by atoms with Crippen molar-refractivity contribution in [1.82, 2.24) is 4.90 Å². The first-order valence-corrected chi connectivity index (χ1v) is 7.25. The molecule has 1 heterocycles. The van der Waals surface area contributed by atoms with Crippen molar-refractivity contribution in [2.24, 2.45) is 0 Å². The maximum absolute atomic E-state index is 12.7. The Morgan fingerprint density at radius 2 is 1.75 bits per heavy atom. The third-order valence-corrected chi connectivity index (χ3v) is 4.13. The molecule has 1 aliphatic rings. The molecule has 0 N–H and O–H groups in total. The van der Waals surface area contributed by atoms with E-state index in [1.54, 1.807) is 12.1 Å². The molecule has 0 spiro atoms. The second-order valence-corrected chi connectivity index (χ2v) is 5.45. The molecule has 0 aromatic heterocycles. The number of amides is 1. The van der Waals surface area contributed by atoms with Crippen molar-refractivity contribution in [3.05, 3.63) is 70.7 Å². The Bertz CT molecular complexity index is 611. The molecule has 0 saturated carbocycles. The van der Waals surface area contributed by atoms with Gasteiger partial charge >= 0.3 is 0 Å². The van der Waals surface area contributed by atoms with Gasteiger partial charge in [0, 0.05) is 6.54 Å². The van der Waals surface area contributed by atoms with Crippen molar-refractivity contribution in [1.29, 1.82) is 0 Å². The van der Waals surface area contributed by atoms with E-state index in [4.69, 9.17) is 11.6 Å². The zero-order valence-electron chi connectivity index (χ0n) is 11.1. The molecule has 2 nitrogen and oxygen atoms in total. The van der Waals surface area contributed by atoms with Gasteiger partial charge in [0.1, 0.15) is 0 Å². The molecule has 1 atom stereocenters. The second-order valence-electron chi connectivity index (χ2n) is 5.05. The lowest BCUT2D eigenvalue weighted by Gasteiger charge is -2.25. The Labute approximate surface area is 124 Å². The number of nitrogens with zero attached hydrogens (tertiary/aromatic N) is 1. The van der Waals surface area contributed by atoms with Gasteiger partial charge in [0.2, 0.25) is 0 Å². The lowest BCUT2D eigenvalue weighted by atomic mass is 10.0. The van der Waals surface area contributed by atoms with E-state index in [-0.39, 0.29) is 11.9 Å². The van der Waals surface area contributed by atoms with Gasteiger partial charge in [-0.2, -0.15) is 0 Å². The van der Waals surface area contributed by atoms with Crippen LogP contribution in [0.25, 0.3) is 0 Å². The summed E-state index contributed by atoms with van der Waals surface area (Å²) < 4.78 is 0. The predicted octanol–water partition coefficient (Wildman–Crippen LogP) is 4.32. The monoisotopic (exact) mass is 285 g/mol. The fraction of sp³-hybridized carbons (Fsp3) is 0.235. The van der Waals surface area contributed by atoms with Gasteiger partial charge < -0.3 is 4.90 Å². The molecule has 102 valence electrons. The highest BCUT2D eigenvalue weighted by Crippen LogP contribution is 2.33. The van der Waals surface area contributed by atoms with Gasteiger partial charge in [-0.1, -0.05) is 54.1 Å². The van der Waals surface area contributed by atoms with Gasteiger partial charge in [-0.05, 0) is 30.5 Å². The first-order valence-electron chi connectivity index (χ1n) is 6.88.